The Morgan fingerprint density at radius 3 is 1.65 bits per heavy atom. The average molecular weight is 695 g/mol. The third kappa shape index (κ3) is 6.86. The van der Waals surface area contributed by atoms with E-state index in [1.165, 1.54) is 63.6 Å². The van der Waals surface area contributed by atoms with Gasteiger partial charge in [0.2, 0.25) is 12.8 Å². The highest BCUT2D eigenvalue weighted by Gasteiger charge is 2.45. The molecule has 0 radical (unpaired) electrons. The van der Waals surface area contributed by atoms with Crippen molar-refractivity contribution in [1.82, 2.24) is 18.9 Å². The molecule has 4 aromatic rings. The van der Waals surface area contributed by atoms with E-state index in [4.69, 9.17) is 9.47 Å². The number of para-hydroxylation sites is 2. The van der Waals surface area contributed by atoms with Gasteiger partial charge in [0, 0.05) is 61.1 Å². The quantitative estimate of drug-likeness (QED) is 0.0932. The number of hydrogen-bond acceptors (Lipinski definition) is 4. The topological polar surface area (TPSA) is 68.9 Å². The second kappa shape index (κ2) is 16.0. The zero-order valence-electron chi connectivity index (χ0n) is 31.0. The maximum absolute atomic E-state index is 11.6. The van der Waals surface area contributed by atoms with E-state index < -0.39 is 0 Å². The molecule has 4 aliphatic heterocycles. The van der Waals surface area contributed by atoms with E-state index in [1.54, 1.807) is 0 Å². The van der Waals surface area contributed by atoms with E-state index in [2.05, 4.69) is 71.5 Å². The highest BCUT2D eigenvalue weighted by molar-refractivity contribution is 5.87. The first-order valence-electron chi connectivity index (χ1n) is 20.0. The van der Waals surface area contributed by atoms with Gasteiger partial charge in [0.05, 0.1) is 24.6 Å². The van der Waals surface area contributed by atoms with Gasteiger partial charge in [-0.1, -0.05) is 69.5 Å². The van der Waals surface area contributed by atoms with E-state index in [1.807, 2.05) is 9.80 Å². The molecule has 6 heterocycles. The number of carbonyl (C=O) groups is 2. The number of aromatic nitrogens is 2. The molecule has 0 spiro atoms. The lowest BCUT2D eigenvalue weighted by Crippen LogP contribution is -2.43. The molecule has 2 unspecified atom stereocenters. The molecular formula is C43H58N4O4. The first-order valence-corrected chi connectivity index (χ1v) is 20.0. The van der Waals surface area contributed by atoms with Crippen molar-refractivity contribution in [2.24, 2.45) is 0 Å². The van der Waals surface area contributed by atoms with Crippen molar-refractivity contribution < 1.29 is 19.1 Å². The molecule has 8 heteroatoms. The van der Waals surface area contributed by atoms with Gasteiger partial charge in [0.25, 0.3) is 0 Å². The maximum Gasteiger partial charge on any atom is 0.209 e. The van der Waals surface area contributed by atoms with Crippen LogP contribution in [0.15, 0.2) is 48.5 Å². The first kappa shape index (κ1) is 35.8. The number of unbranched alkanes of at least 4 members (excludes halogenated alkanes) is 3. The molecule has 51 heavy (non-hydrogen) atoms. The number of amides is 2. The zero-order valence-corrected chi connectivity index (χ0v) is 31.0. The summed E-state index contributed by atoms with van der Waals surface area (Å²) in [6.07, 6.45) is 16.0. The molecule has 0 aliphatic carbocycles. The fraction of sp³-hybridized carbons (Fsp3) is 0.581. The number of ether oxygens (including phenoxy) is 2. The van der Waals surface area contributed by atoms with Crippen molar-refractivity contribution >= 4 is 34.6 Å². The Labute approximate surface area is 304 Å². The Balaban J connectivity index is 0.000000160. The lowest BCUT2D eigenvalue weighted by molar-refractivity contribution is -0.122. The fourth-order valence-corrected chi connectivity index (χ4v) is 9.77. The van der Waals surface area contributed by atoms with Crippen LogP contribution in [0.5, 0.6) is 0 Å². The van der Waals surface area contributed by atoms with Crippen LogP contribution < -0.4 is 0 Å². The van der Waals surface area contributed by atoms with Crippen molar-refractivity contribution in [1.29, 1.82) is 0 Å². The molecule has 0 N–H and O–H groups in total. The average Bonchev–Trinajstić information content (AvgIpc) is 3.69. The maximum atomic E-state index is 11.6. The van der Waals surface area contributed by atoms with Gasteiger partial charge in [-0.25, -0.2) is 0 Å². The molecule has 0 fully saturated rings. The van der Waals surface area contributed by atoms with Crippen LogP contribution in [0.4, 0.5) is 0 Å². The Morgan fingerprint density at radius 1 is 0.647 bits per heavy atom. The predicted octanol–water partition coefficient (Wildman–Crippen LogP) is 8.09. The van der Waals surface area contributed by atoms with Crippen molar-refractivity contribution in [2.45, 2.75) is 122 Å². The molecule has 2 atom stereocenters. The van der Waals surface area contributed by atoms with Gasteiger partial charge >= 0.3 is 0 Å². The van der Waals surface area contributed by atoms with Gasteiger partial charge in [-0.15, -0.1) is 0 Å². The third-order valence-corrected chi connectivity index (χ3v) is 12.1. The third-order valence-electron chi connectivity index (χ3n) is 12.1. The predicted molar refractivity (Wildman–Crippen MR) is 204 cm³/mol. The van der Waals surface area contributed by atoms with Crippen molar-refractivity contribution in [2.75, 3.05) is 39.4 Å². The zero-order chi connectivity index (χ0) is 35.3. The van der Waals surface area contributed by atoms with Gasteiger partial charge in [-0.05, 0) is 87.5 Å². The molecule has 4 aliphatic rings. The minimum atomic E-state index is -0.213. The molecule has 0 saturated heterocycles. The lowest BCUT2D eigenvalue weighted by atomic mass is 9.82. The Kier molecular flexibility index (Phi) is 11.2. The fourth-order valence-electron chi connectivity index (χ4n) is 9.77. The Morgan fingerprint density at radius 2 is 1.16 bits per heavy atom. The van der Waals surface area contributed by atoms with Gasteiger partial charge < -0.3 is 28.4 Å². The van der Waals surface area contributed by atoms with Crippen molar-refractivity contribution in [3.63, 3.8) is 0 Å². The molecule has 2 amide bonds. The summed E-state index contributed by atoms with van der Waals surface area (Å²) in [5.41, 5.74) is 8.03. The minimum Gasteiger partial charge on any atom is -0.368 e. The Bertz CT molecular complexity index is 1710. The molecule has 0 bridgehead atoms. The van der Waals surface area contributed by atoms with Crippen molar-refractivity contribution in [3.05, 3.63) is 71.0 Å². The summed E-state index contributed by atoms with van der Waals surface area (Å²) in [5.74, 6) is 0. The molecular weight excluding hydrogens is 636 g/mol. The number of benzene rings is 2. The number of carbonyl (C=O) groups excluding carboxylic acids is 2. The summed E-state index contributed by atoms with van der Waals surface area (Å²) in [6.45, 7) is 11.3. The monoisotopic (exact) mass is 694 g/mol. The number of hydrogen-bond donors (Lipinski definition) is 0. The normalized spacial score (nSPS) is 21.8. The van der Waals surface area contributed by atoms with Crippen LogP contribution in [0.25, 0.3) is 21.8 Å². The molecule has 2 aromatic carbocycles. The van der Waals surface area contributed by atoms with E-state index in [0.29, 0.717) is 0 Å². The largest absolute Gasteiger partial charge is 0.368 e. The van der Waals surface area contributed by atoms with Crippen molar-refractivity contribution in [3.8, 4) is 0 Å². The first-order chi connectivity index (χ1) is 25.1. The van der Waals surface area contributed by atoms with E-state index >= 15 is 0 Å². The molecule has 8 nitrogen and oxygen atoms in total. The van der Waals surface area contributed by atoms with E-state index in [9.17, 15) is 9.59 Å². The second-order valence-electron chi connectivity index (χ2n) is 15.2. The van der Waals surface area contributed by atoms with Crippen LogP contribution in [-0.4, -0.2) is 71.1 Å². The SMILES string of the molecule is CCCCCCN(C=O)CCC12CCCn3c1c(c1ccccc13)CCO2.CCCN(C=O)CCC12CCCn3c1c(c1ccccc13)CCO2. The molecule has 2 aromatic heterocycles. The second-order valence-corrected chi connectivity index (χ2v) is 15.2. The van der Waals surface area contributed by atoms with Gasteiger partial charge in [-0.2, -0.15) is 0 Å². The molecule has 0 saturated carbocycles. The van der Waals surface area contributed by atoms with Crippen LogP contribution >= 0.6 is 0 Å². The summed E-state index contributed by atoms with van der Waals surface area (Å²) in [4.78, 5) is 26.7. The minimum absolute atomic E-state index is 0.208. The summed E-state index contributed by atoms with van der Waals surface area (Å²) in [5, 5.41) is 2.79. The summed E-state index contributed by atoms with van der Waals surface area (Å²) in [6, 6.07) is 17.5. The van der Waals surface area contributed by atoms with Gasteiger partial charge in [0.1, 0.15) is 11.2 Å². The highest BCUT2D eigenvalue weighted by atomic mass is 16.5. The summed E-state index contributed by atoms with van der Waals surface area (Å²) in [7, 11) is 0. The van der Waals surface area contributed by atoms with E-state index in [0.717, 1.165) is 130 Å². The van der Waals surface area contributed by atoms with Crippen LogP contribution in [0.3, 0.4) is 0 Å². The van der Waals surface area contributed by atoms with Crippen LogP contribution in [0, 0.1) is 0 Å². The lowest BCUT2D eigenvalue weighted by Gasteiger charge is -2.43. The standard InChI is InChI=1S/C23H32N2O2.C20H26N2O2/c1-2-3-4-7-14-24(18-26)16-13-23-12-8-15-25-21-10-6-5-9-19(21)20(22(23)25)11-17-27-23;1-2-11-21(15-23)13-10-20-9-5-12-22-18-7-4-3-6-16(18)17(19(20)22)8-14-24-20/h5-6,9-10,18H,2-4,7-8,11-17H2,1H3;3-4,6-7,15H,2,5,8-14H2,1H3. The Hall–Kier alpha value is -3.62. The van der Waals surface area contributed by atoms with Gasteiger partial charge in [-0.3, -0.25) is 9.59 Å². The number of rotatable bonds is 15. The van der Waals surface area contributed by atoms with Crippen LogP contribution in [-0.2, 0) is 56.2 Å². The van der Waals surface area contributed by atoms with E-state index in [-0.39, 0.29) is 11.2 Å². The van der Waals surface area contributed by atoms with Gasteiger partial charge in [0.15, 0.2) is 0 Å². The number of aryl methyl sites for hydroxylation is 2. The smallest absolute Gasteiger partial charge is 0.209 e. The highest BCUT2D eigenvalue weighted by Crippen LogP contribution is 2.48. The van der Waals surface area contributed by atoms with Crippen LogP contribution in [0.1, 0.15) is 107 Å². The summed E-state index contributed by atoms with van der Waals surface area (Å²) >= 11 is 0. The molecule has 274 valence electrons. The number of nitrogens with zero attached hydrogens (tertiary/aromatic N) is 4. The summed E-state index contributed by atoms with van der Waals surface area (Å²) < 4.78 is 17.9. The molecule has 8 rings (SSSR count). The van der Waals surface area contributed by atoms with Crippen LogP contribution in [0.2, 0.25) is 0 Å². The number of fused-ring (bicyclic) bond motifs is 6.